The molecular formula is C11H22N2O3S. The monoisotopic (exact) mass is 262 g/mol. The van der Waals surface area contributed by atoms with Crippen LogP contribution in [0.4, 0.5) is 0 Å². The molecule has 6 heteroatoms. The maximum absolute atomic E-state index is 11.5. The van der Waals surface area contributed by atoms with Gasteiger partial charge in [-0.05, 0) is 6.92 Å². The van der Waals surface area contributed by atoms with Crippen LogP contribution in [0.15, 0.2) is 0 Å². The molecule has 0 aromatic rings. The number of nitrogens with zero attached hydrogens (tertiary/aromatic N) is 1. The highest BCUT2D eigenvalue weighted by molar-refractivity contribution is 7.80. The first-order chi connectivity index (χ1) is 7.79. The van der Waals surface area contributed by atoms with Crippen LogP contribution in [0, 0.1) is 5.92 Å². The third-order valence-corrected chi connectivity index (χ3v) is 2.92. The number of amides is 2. The lowest BCUT2D eigenvalue weighted by atomic mass is 10.1. The Bertz CT molecular complexity index is 271. The van der Waals surface area contributed by atoms with Gasteiger partial charge in [0.15, 0.2) is 0 Å². The molecule has 0 saturated carbocycles. The van der Waals surface area contributed by atoms with E-state index in [0.29, 0.717) is 5.88 Å². The van der Waals surface area contributed by atoms with Crippen LogP contribution < -0.4 is 5.32 Å². The molecule has 0 aromatic heterocycles. The Balaban J connectivity index is 4.18. The highest BCUT2D eigenvalue weighted by Gasteiger charge is 2.21. The van der Waals surface area contributed by atoms with E-state index in [2.05, 4.69) is 17.9 Å². The number of thiol groups is 1. The minimum absolute atomic E-state index is 0.0173. The zero-order valence-corrected chi connectivity index (χ0v) is 11.7. The van der Waals surface area contributed by atoms with E-state index >= 15 is 0 Å². The van der Waals surface area contributed by atoms with Crippen molar-refractivity contribution in [3.63, 3.8) is 0 Å². The smallest absolute Gasteiger partial charge is 0.225 e. The molecule has 0 aliphatic rings. The zero-order chi connectivity index (χ0) is 13.6. The van der Waals surface area contributed by atoms with E-state index in [1.807, 2.05) is 0 Å². The SMILES string of the molecule is CC(C)C(=O)NC(C)C(O)CC(=O)N(C)CS. The lowest BCUT2D eigenvalue weighted by molar-refractivity contribution is -0.132. The van der Waals surface area contributed by atoms with Crippen LogP contribution in [-0.4, -0.2) is 46.9 Å². The lowest BCUT2D eigenvalue weighted by Gasteiger charge is -2.23. The minimum Gasteiger partial charge on any atom is -0.390 e. The number of aliphatic hydroxyl groups is 1. The largest absolute Gasteiger partial charge is 0.390 e. The molecule has 0 aliphatic heterocycles. The van der Waals surface area contributed by atoms with Gasteiger partial charge in [-0.3, -0.25) is 9.59 Å². The van der Waals surface area contributed by atoms with Crippen LogP contribution in [-0.2, 0) is 9.59 Å². The van der Waals surface area contributed by atoms with Crippen molar-refractivity contribution in [2.75, 3.05) is 12.9 Å². The number of rotatable bonds is 6. The van der Waals surface area contributed by atoms with E-state index in [1.54, 1.807) is 27.8 Å². The summed E-state index contributed by atoms with van der Waals surface area (Å²) in [5.41, 5.74) is 0. The van der Waals surface area contributed by atoms with Crippen LogP contribution in [0.5, 0.6) is 0 Å². The molecule has 0 saturated heterocycles. The van der Waals surface area contributed by atoms with E-state index in [-0.39, 0.29) is 24.2 Å². The van der Waals surface area contributed by atoms with Crippen molar-refractivity contribution in [2.24, 2.45) is 5.92 Å². The number of carbonyl (C=O) groups is 2. The Morgan fingerprint density at radius 2 is 1.88 bits per heavy atom. The van der Waals surface area contributed by atoms with Crippen LogP contribution in [0.25, 0.3) is 0 Å². The third kappa shape index (κ3) is 5.93. The van der Waals surface area contributed by atoms with E-state index in [1.165, 1.54) is 4.90 Å². The number of carbonyl (C=O) groups excluding carboxylic acids is 2. The normalized spacial score (nSPS) is 14.3. The first-order valence-corrected chi connectivity index (χ1v) is 6.26. The Kier molecular flexibility index (Phi) is 7.22. The summed E-state index contributed by atoms with van der Waals surface area (Å²) in [4.78, 5) is 24.3. The van der Waals surface area contributed by atoms with Gasteiger partial charge in [-0.15, -0.1) is 0 Å². The average molecular weight is 262 g/mol. The van der Waals surface area contributed by atoms with Gasteiger partial charge in [0.25, 0.3) is 0 Å². The molecule has 2 amide bonds. The fourth-order valence-electron chi connectivity index (χ4n) is 1.08. The molecule has 2 N–H and O–H groups in total. The van der Waals surface area contributed by atoms with Crippen LogP contribution in [0.1, 0.15) is 27.2 Å². The van der Waals surface area contributed by atoms with Gasteiger partial charge in [-0.25, -0.2) is 0 Å². The van der Waals surface area contributed by atoms with Gasteiger partial charge in [-0.2, -0.15) is 12.6 Å². The maximum Gasteiger partial charge on any atom is 0.225 e. The number of nitrogens with one attached hydrogen (secondary N) is 1. The third-order valence-electron chi connectivity index (χ3n) is 2.49. The Hall–Kier alpha value is -0.750. The van der Waals surface area contributed by atoms with Crippen molar-refractivity contribution in [2.45, 2.75) is 39.3 Å². The minimum atomic E-state index is -0.882. The highest BCUT2D eigenvalue weighted by Crippen LogP contribution is 2.04. The molecule has 2 atom stereocenters. The first kappa shape index (κ1) is 16.2. The molecule has 0 rings (SSSR count). The summed E-state index contributed by atoms with van der Waals surface area (Å²) in [6.45, 7) is 5.22. The van der Waals surface area contributed by atoms with Gasteiger partial charge in [0.1, 0.15) is 0 Å². The van der Waals surface area contributed by atoms with Crippen LogP contribution in [0.2, 0.25) is 0 Å². The van der Waals surface area contributed by atoms with Crippen LogP contribution >= 0.6 is 12.6 Å². The molecule has 0 aliphatic carbocycles. The number of hydrogen-bond donors (Lipinski definition) is 3. The van der Waals surface area contributed by atoms with Crippen molar-refractivity contribution in [1.82, 2.24) is 10.2 Å². The Morgan fingerprint density at radius 3 is 2.29 bits per heavy atom. The first-order valence-electron chi connectivity index (χ1n) is 5.62. The van der Waals surface area contributed by atoms with E-state index in [0.717, 1.165) is 0 Å². The standard InChI is InChI=1S/C11H22N2O3S/c1-7(2)11(16)12-8(3)9(14)5-10(15)13(4)6-17/h7-9,14,17H,5-6H2,1-4H3,(H,12,16). The summed E-state index contributed by atoms with van der Waals surface area (Å²) in [6.07, 6.45) is -0.899. The van der Waals surface area contributed by atoms with Crippen molar-refractivity contribution in [1.29, 1.82) is 0 Å². The molecule has 5 nitrogen and oxygen atoms in total. The molecule has 0 bridgehead atoms. The van der Waals surface area contributed by atoms with Gasteiger partial charge in [-0.1, -0.05) is 13.8 Å². The second kappa shape index (κ2) is 7.55. The molecule has 100 valence electrons. The summed E-state index contributed by atoms with van der Waals surface area (Å²) in [5.74, 6) is -0.164. The van der Waals surface area contributed by atoms with Gasteiger partial charge >= 0.3 is 0 Å². The quantitative estimate of drug-likeness (QED) is 0.474. The average Bonchev–Trinajstić information content (AvgIpc) is 2.27. The summed E-state index contributed by atoms with van der Waals surface area (Å²) in [5, 5.41) is 12.4. The van der Waals surface area contributed by atoms with Crippen molar-refractivity contribution < 1.29 is 14.7 Å². The van der Waals surface area contributed by atoms with Crippen molar-refractivity contribution in [3.8, 4) is 0 Å². The van der Waals surface area contributed by atoms with Gasteiger partial charge < -0.3 is 15.3 Å². The van der Waals surface area contributed by atoms with E-state index < -0.39 is 12.1 Å². The van der Waals surface area contributed by atoms with Gasteiger partial charge in [0.2, 0.25) is 11.8 Å². The summed E-state index contributed by atoms with van der Waals surface area (Å²) >= 11 is 3.97. The topological polar surface area (TPSA) is 69.6 Å². The van der Waals surface area contributed by atoms with E-state index in [9.17, 15) is 14.7 Å². The number of hydrogen-bond acceptors (Lipinski definition) is 4. The second-order valence-corrected chi connectivity index (χ2v) is 4.74. The molecule has 0 spiro atoms. The predicted molar refractivity (Wildman–Crippen MR) is 69.7 cm³/mol. The summed E-state index contributed by atoms with van der Waals surface area (Å²) in [7, 11) is 1.61. The van der Waals surface area contributed by atoms with Crippen LogP contribution in [0.3, 0.4) is 0 Å². The Morgan fingerprint density at radius 1 is 1.35 bits per heavy atom. The Labute approximate surface area is 108 Å². The summed E-state index contributed by atoms with van der Waals surface area (Å²) < 4.78 is 0. The molecule has 2 unspecified atom stereocenters. The predicted octanol–water partition coefficient (Wildman–Crippen LogP) is 0.244. The molecule has 0 fully saturated rings. The maximum atomic E-state index is 11.5. The molecule has 0 radical (unpaired) electrons. The zero-order valence-electron chi connectivity index (χ0n) is 10.8. The molecule has 17 heavy (non-hydrogen) atoms. The molecule has 0 heterocycles. The van der Waals surface area contributed by atoms with Crippen molar-refractivity contribution >= 4 is 24.4 Å². The highest BCUT2D eigenvalue weighted by atomic mass is 32.1. The number of aliphatic hydroxyl groups excluding tert-OH is 1. The molecular weight excluding hydrogens is 240 g/mol. The lowest BCUT2D eigenvalue weighted by Crippen LogP contribution is -2.44. The van der Waals surface area contributed by atoms with E-state index in [4.69, 9.17) is 0 Å². The van der Waals surface area contributed by atoms with Gasteiger partial charge in [0.05, 0.1) is 24.4 Å². The fraction of sp³-hybridized carbons (Fsp3) is 0.818. The van der Waals surface area contributed by atoms with Crippen molar-refractivity contribution in [3.05, 3.63) is 0 Å². The second-order valence-electron chi connectivity index (χ2n) is 4.46. The fourth-order valence-corrected chi connectivity index (χ4v) is 1.24. The van der Waals surface area contributed by atoms with Gasteiger partial charge in [0, 0.05) is 13.0 Å². The summed E-state index contributed by atoms with van der Waals surface area (Å²) in [6, 6.07) is -0.442. The molecule has 0 aromatic carbocycles.